The summed E-state index contributed by atoms with van der Waals surface area (Å²) in [6.45, 7) is 3.06. The predicted molar refractivity (Wildman–Crippen MR) is 67.9 cm³/mol. The number of anilines is 2. The van der Waals surface area contributed by atoms with Crippen molar-refractivity contribution in [2.45, 2.75) is 13.3 Å². The Kier molecular flexibility index (Phi) is 3.19. The van der Waals surface area contributed by atoms with Crippen LogP contribution in [0.2, 0.25) is 0 Å². The summed E-state index contributed by atoms with van der Waals surface area (Å²) in [5, 5.41) is 7.36. The van der Waals surface area contributed by atoms with Crippen LogP contribution >= 0.6 is 0 Å². The van der Waals surface area contributed by atoms with Crippen LogP contribution in [-0.4, -0.2) is 23.6 Å². The fourth-order valence-electron chi connectivity index (χ4n) is 1.57. The zero-order valence-electron chi connectivity index (χ0n) is 9.62. The number of rotatable bonds is 4. The lowest BCUT2D eigenvalue weighted by Crippen LogP contribution is -2.06. The molecular formula is C12H16N4. The van der Waals surface area contributed by atoms with E-state index in [9.17, 15) is 0 Å². The smallest absolute Gasteiger partial charge is 0.224 e. The Labute approximate surface area is 95.1 Å². The maximum atomic E-state index is 4.42. The van der Waals surface area contributed by atoms with Crippen LogP contribution in [0, 0.1) is 0 Å². The van der Waals surface area contributed by atoms with Crippen LogP contribution in [0.5, 0.6) is 0 Å². The average Bonchev–Trinajstić information content (AvgIpc) is 2.35. The molecule has 1 aromatic heterocycles. The van der Waals surface area contributed by atoms with Gasteiger partial charge in [-0.3, -0.25) is 0 Å². The molecule has 1 aromatic carbocycles. The van der Waals surface area contributed by atoms with Crippen LogP contribution in [0.4, 0.5) is 11.8 Å². The van der Waals surface area contributed by atoms with E-state index in [1.54, 1.807) is 0 Å². The van der Waals surface area contributed by atoms with Crippen molar-refractivity contribution in [3.63, 3.8) is 0 Å². The van der Waals surface area contributed by atoms with Crippen LogP contribution in [0.1, 0.15) is 13.3 Å². The van der Waals surface area contributed by atoms with Crippen molar-refractivity contribution in [3.8, 4) is 0 Å². The van der Waals surface area contributed by atoms with Gasteiger partial charge in [-0.05, 0) is 18.6 Å². The van der Waals surface area contributed by atoms with E-state index in [0.29, 0.717) is 5.95 Å². The molecule has 2 N–H and O–H groups in total. The molecule has 0 bridgehead atoms. The zero-order chi connectivity index (χ0) is 11.4. The van der Waals surface area contributed by atoms with Gasteiger partial charge in [-0.1, -0.05) is 19.1 Å². The van der Waals surface area contributed by atoms with Gasteiger partial charge in [-0.25, -0.2) is 4.98 Å². The highest BCUT2D eigenvalue weighted by molar-refractivity contribution is 5.89. The predicted octanol–water partition coefficient (Wildman–Crippen LogP) is 2.49. The second-order valence-corrected chi connectivity index (χ2v) is 3.59. The maximum absolute atomic E-state index is 4.42. The lowest BCUT2D eigenvalue weighted by molar-refractivity contribution is 0.970. The van der Waals surface area contributed by atoms with E-state index in [-0.39, 0.29) is 0 Å². The van der Waals surface area contributed by atoms with Gasteiger partial charge in [0.15, 0.2) is 0 Å². The van der Waals surface area contributed by atoms with Crippen LogP contribution in [-0.2, 0) is 0 Å². The van der Waals surface area contributed by atoms with Gasteiger partial charge >= 0.3 is 0 Å². The molecule has 0 fully saturated rings. The normalized spacial score (nSPS) is 10.4. The van der Waals surface area contributed by atoms with E-state index in [0.717, 1.165) is 29.7 Å². The Morgan fingerprint density at radius 2 is 2.00 bits per heavy atom. The second-order valence-electron chi connectivity index (χ2n) is 3.59. The summed E-state index contributed by atoms with van der Waals surface area (Å²) < 4.78 is 0. The van der Waals surface area contributed by atoms with Crippen LogP contribution in [0.3, 0.4) is 0 Å². The third-order valence-electron chi connectivity index (χ3n) is 2.37. The van der Waals surface area contributed by atoms with Crippen LogP contribution in [0.25, 0.3) is 10.9 Å². The summed E-state index contributed by atoms with van der Waals surface area (Å²) in [6, 6.07) is 8.02. The van der Waals surface area contributed by atoms with E-state index in [1.165, 1.54) is 0 Å². The van der Waals surface area contributed by atoms with Crippen molar-refractivity contribution in [2.24, 2.45) is 0 Å². The summed E-state index contributed by atoms with van der Waals surface area (Å²) in [6.07, 6.45) is 1.08. The van der Waals surface area contributed by atoms with E-state index in [2.05, 4.69) is 27.5 Å². The first kappa shape index (κ1) is 10.7. The van der Waals surface area contributed by atoms with Gasteiger partial charge in [0, 0.05) is 19.0 Å². The van der Waals surface area contributed by atoms with Crippen molar-refractivity contribution in [2.75, 3.05) is 24.2 Å². The second kappa shape index (κ2) is 4.79. The maximum Gasteiger partial charge on any atom is 0.224 e. The number of para-hydroxylation sites is 1. The van der Waals surface area contributed by atoms with Gasteiger partial charge in [0.1, 0.15) is 5.82 Å². The van der Waals surface area contributed by atoms with Gasteiger partial charge in [-0.15, -0.1) is 0 Å². The molecule has 0 atom stereocenters. The molecule has 0 saturated heterocycles. The van der Waals surface area contributed by atoms with E-state index < -0.39 is 0 Å². The van der Waals surface area contributed by atoms with E-state index in [1.807, 2.05) is 31.3 Å². The van der Waals surface area contributed by atoms with Crippen LogP contribution in [0.15, 0.2) is 24.3 Å². The molecule has 2 rings (SSSR count). The zero-order valence-corrected chi connectivity index (χ0v) is 9.62. The fourth-order valence-corrected chi connectivity index (χ4v) is 1.57. The molecule has 0 saturated carbocycles. The molecule has 4 nitrogen and oxygen atoms in total. The third-order valence-corrected chi connectivity index (χ3v) is 2.37. The van der Waals surface area contributed by atoms with Gasteiger partial charge in [-0.2, -0.15) is 4.98 Å². The molecule has 0 aliphatic heterocycles. The van der Waals surface area contributed by atoms with Gasteiger partial charge < -0.3 is 10.6 Å². The Morgan fingerprint density at radius 3 is 2.75 bits per heavy atom. The SMILES string of the molecule is CCCNc1nc(NC)nc2ccccc12. The first-order valence-corrected chi connectivity index (χ1v) is 5.53. The quantitative estimate of drug-likeness (QED) is 0.824. The first-order valence-electron chi connectivity index (χ1n) is 5.53. The summed E-state index contributed by atoms with van der Waals surface area (Å²) in [7, 11) is 1.83. The Balaban J connectivity index is 2.50. The minimum Gasteiger partial charge on any atom is -0.369 e. The topological polar surface area (TPSA) is 49.8 Å². The minimum atomic E-state index is 0.650. The molecule has 0 aliphatic rings. The van der Waals surface area contributed by atoms with Gasteiger partial charge in [0.05, 0.1) is 5.52 Å². The van der Waals surface area contributed by atoms with E-state index >= 15 is 0 Å². The molecule has 0 amide bonds. The van der Waals surface area contributed by atoms with Crippen molar-refractivity contribution in [3.05, 3.63) is 24.3 Å². The summed E-state index contributed by atoms with van der Waals surface area (Å²) in [5.41, 5.74) is 0.959. The molecule has 4 heteroatoms. The first-order chi connectivity index (χ1) is 7.85. The monoisotopic (exact) mass is 216 g/mol. The Hall–Kier alpha value is -1.84. The van der Waals surface area contributed by atoms with Crippen molar-refractivity contribution >= 4 is 22.7 Å². The fraction of sp³-hybridized carbons (Fsp3) is 0.333. The Bertz CT molecular complexity index is 481. The van der Waals surface area contributed by atoms with Crippen molar-refractivity contribution < 1.29 is 0 Å². The van der Waals surface area contributed by atoms with Gasteiger partial charge in [0.2, 0.25) is 5.95 Å². The van der Waals surface area contributed by atoms with E-state index in [4.69, 9.17) is 0 Å². The highest BCUT2D eigenvalue weighted by Crippen LogP contribution is 2.21. The largest absolute Gasteiger partial charge is 0.369 e. The average molecular weight is 216 g/mol. The number of hydrogen-bond acceptors (Lipinski definition) is 4. The number of nitrogens with one attached hydrogen (secondary N) is 2. The number of fused-ring (bicyclic) bond motifs is 1. The number of nitrogens with zero attached hydrogens (tertiary/aromatic N) is 2. The molecule has 16 heavy (non-hydrogen) atoms. The molecule has 2 aromatic rings. The highest BCUT2D eigenvalue weighted by atomic mass is 15.1. The lowest BCUT2D eigenvalue weighted by Gasteiger charge is -2.09. The molecule has 84 valence electrons. The molecule has 0 spiro atoms. The summed E-state index contributed by atoms with van der Waals surface area (Å²) in [4.78, 5) is 8.82. The number of benzene rings is 1. The molecular weight excluding hydrogens is 200 g/mol. The third kappa shape index (κ3) is 2.05. The van der Waals surface area contributed by atoms with Crippen LogP contribution < -0.4 is 10.6 Å². The summed E-state index contributed by atoms with van der Waals surface area (Å²) >= 11 is 0. The molecule has 1 heterocycles. The number of aromatic nitrogens is 2. The molecule has 0 unspecified atom stereocenters. The molecule has 0 aliphatic carbocycles. The number of hydrogen-bond donors (Lipinski definition) is 2. The van der Waals surface area contributed by atoms with Crippen molar-refractivity contribution in [1.29, 1.82) is 0 Å². The highest BCUT2D eigenvalue weighted by Gasteiger charge is 2.05. The molecule has 0 radical (unpaired) electrons. The lowest BCUT2D eigenvalue weighted by atomic mass is 10.2. The standard InChI is InChI=1S/C12H16N4/c1-3-8-14-11-9-6-4-5-7-10(9)15-12(13-2)16-11/h4-7H,3,8H2,1-2H3,(H2,13,14,15,16). The minimum absolute atomic E-state index is 0.650. The Morgan fingerprint density at radius 1 is 1.19 bits per heavy atom. The van der Waals surface area contributed by atoms with Gasteiger partial charge in [0.25, 0.3) is 0 Å². The summed E-state index contributed by atoms with van der Waals surface area (Å²) in [5.74, 6) is 1.55. The van der Waals surface area contributed by atoms with Crippen molar-refractivity contribution in [1.82, 2.24) is 9.97 Å².